The molecule has 8 nitrogen and oxygen atoms in total. The van der Waals surface area contributed by atoms with E-state index in [1.807, 2.05) is 44.2 Å². The van der Waals surface area contributed by atoms with Crippen LogP contribution in [0.3, 0.4) is 0 Å². The Morgan fingerprint density at radius 2 is 1.67 bits per heavy atom. The molecule has 0 radical (unpaired) electrons. The summed E-state index contributed by atoms with van der Waals surface area (Å²) in [6, 6.07) is 7.88. The van der Waals surface area contributed by atoms with E-state index in [-0.39, 0.29) is 18.9 Å². The van der Waals surface area contributed by atoms with Gasteiger partial charge in [0, 0.05) is 6.61 Å². The van der Waals surface area contributed by atoms with Crippen LogP contribution in [0.5, 0.6) is 0 Å². The van der Waals surface area contributed by atoms with Crippen molar-refractivity contribution in [1.82, 2.24) is 10.6 Å². The number of amides is 3. The Hall–Kier alpha value is -2.61. The highest BCUT2D eigenvalue weighted by Crippen LogP contribution is 2.10. The quantitative estimate of drug-likeness (QED) is 0.474. The first kappa shape index (κ1) is 25.4. The van der Waals surface area contributed by atoms with Gasteiger partial charge in [-0.1, -0.05) is 44.2 Å². The Kier molecular flexibility index (Phi) is 10.3. The second-order valence-corrected chi connectivity index (χ2v) is 8.62. The van der Waals surface area contributed by atoms with Crippen LogP contribution in [-0.2, 0) is 25.7 Å². The number of hydrogen-bond donors (Lipinski definition) is 3. The smallest absolute Gasteiger partial charge is 0.408 e. The Labute approximate surface area is 178 Å². The van der Waals surface area contributed by atoms with E-state index in [0.717, 1.165) is 5.56 Å². The molecule has 0 aliphatic heterocycles. The lowest BCUT2D eigenvalue weighted by Gasteiger charge is -2.25. The molecule has 0 spiro atoms. The van der Waals surface area contributed by atoms with E-state index in [1.165, 1.54) is 0 Å². The van der Waals surface area contributed by atoms with Crippen molar-refractivity contribution in [2.45, 2.75) is 71.8 Å². The van der Waals surface area contributed by atoms with Gasteiger partial charge in [-0.25, -0.2) is 4.79 Å². The fourth-order valence-electron chi connectivity index (χ4n) is 2.68. The van der Waals surface area contributed by atoms with Crippen LogP contribution in [0.2, 0.25) is 0 Å². The summed E-state index contributed by atoms with van der Waals surface area (Å²) in [5, 5.41) is 5.21. The molecule has 0 fully saturated rings. The van der Waals surface area contributed by atoms with E-state index >= 15 is 0 Å². The van der Waals surface area contributed by atoms with E-state index in [4.69, 9.17) is 15.2 Å². The number of rotatable bonds is 11. The van der Waals surface area contributed by atoms with Gasteiger partial charge in [0.25, 0.3) is 0 Å². The zero-order chi connectivity index (χ0) is 22.7. The van der Waals surface area contributed by atoms with E-state index < -0.39 is 35.6 Å². The second-order valence-electron chi connectivity index (χ2n) is 8.62. The zero-order valence-electron chi connectivity index (χ0n) is 18.6. The summed E-state index contributed by atoms with van der Waals surface area (Å²) in [6.07, 6.45) is -0.0689. The van der Waals surface area contributed by atoms with Crippen molar-refractivity contribution in [3.63, 3.8) is 0 Å². The number of nitrogens with one attached hydrogen (secondary N) is 2. The minimum Gasteiger partial charge on any atom is -0.444 e. The number of carbonyl (C=O) groups is 3. The van der Waals surface area contributed by atoms with Crippen molar-refractivity contribution in [2.24, 2.45) is 11.7 Å². The van der Waals surface area contributed by atoms with Crippen LogP contribution in [0.1, 0.15) is 53.0 Å². The van der Waals surface area contributed by atoms with Gasteiger partial charge >= 0.3 is 6.09 Å². The summed E-state index contributed by atoms with van der Waals surface area (Å²) in [7, 11) is 0. The number of alkyl carbamates (subject to hydrolysis) is 1. The minimum atomic E-state index is -0.900. The number of benzene rings is 1. The lowest BCUT2D eigenvalue weighted by molar-refractivity contribution is -0.129. The monoisotopic (exact) mass is 421 g/mol. The first-order valence-electron chi connectivity index (χ1n) is 10.2. The highest BCUT2D eigenvalue weighted by molar-refractivity contribution is 5.90. The number of primary amides is 1. The molecule has 1 aromatic rings. The fourth-order valence-corrected chi connectivity index (χ4v) is 2.68. The molecule has 8 heteroatoms. The maximum absolute atomic E-state index is 12.7. The number of carbonyl (C=O) groups excluding carboxylic acids is 3. The Morgan fingerprint density at radius 1 is 1.03 bits per heavy atom. The van der Waals surface area contributed by atoms with Crippen molar-refractivity contribution in [2.75, 3.05) is 6.61 Å². The topological polar surface area (TPSA) is 120 Å². The van der Waals surface area contributed by atoms with Gasteiger partial charge in [0.15, 0.2) is 0 Å². The van der Waals surface area contributed by atoms with Gasteiger partial charge in [-0.2, -0.15) is 0 Å². The van der Waals surface area contributed by atoms with Gasteiger partial charge in [0.1, 0.15) is 17.7 Å². The van der Waals surface area contributed by atoms with Crippen LogP contribution in [0, 0.1) is 5.92 Å². The molecule has 3 amide bonds. The van der Waals surface area contributed by atoms with Gasteiger partial charge in [-0.3, -0.25) is 9.59 Å². The number of ether oxygens (including phenoxy) is 2. The van der Waals surface area contributed by atoms with Crippen LogP contribution >= 0.6 is 0 Å². The van der Waals surface area contributed by atoms with Gasteiger partial charge in [-0.15, -0.1) is 0 Å². The molecule has 0 aliphatic rings. The third kappa shape index (κ3) is 10.8. The summed E-state index contributed by atoms with van der Waals surface area (Å²) < 4.78 is 10.8. The Morgan fingerprint density at radius 3 is 2.20 bits per heavy atom. The summed E-state index contributed by atoms with van der Waals surface area (Å²) in [5.41, 5.74) is 5.77. The average molecular weight is 422 g/mol. The molecule has 1 rings (SSSR count). The molecule has 0 aromatic heterocycles. The predicted molar refractivity (Wildman–Crippen MR) is 114 cm³/mol. The molecule has 2 atom stereocenters. The van der Waals surface area contributed by atoms with E-state index in [0.29, 0.717) is 13.0 Å². The van der Waals surface area contributed by atoms with Crippen molar-refractivity contribution in [3.05, 3.63) is 35.9 Å². The van der Waals surface area contributed by atoms with Crippen molar-refractivity contribution in [3.8, 4) is 0 Å². The molecular formula is C22H35N3O5. The third-order valence-electron chi connectivity index (χ3n) is 4.04. The van der Waals surface area contributed by atoms with Crippen LogP contribution in [0.25, 0.3) is 0 Å². The first-order valence-corrected chi connectivity index (χ1v) is 10.2. The molecule has 0 unspecified atom stereocenters. The van der Waals surface area contributed by atoms with Gasteiger partial charge in [0.2, 0.25) is 11.8 Å². The van der Waals surface area contributed by atoms with Crippen LogP contribution < -0.4 is 16.4 Å². The number of hydrogen-bond acceptors (Lipinski definition) is 5. The lowest BCUT2D eigenvalue weighted by atomic mass is 10.0. The molecular weight excluding hydrogens is 386 g/mol. The van der Waals surface area contributed by atoms with Crippen molar-refractivity contribution in [1.29, 1.82) is 0 Å². The molecule has 0 heterocycles. The molecule has 168 valence electrons. The maximum Gasteiger partial charge on any atom is 0.408 e. The van der Waals surface area contributed by atoms with Crippen LogP contribution in [-0.4, -0.2) is 42.2 Å². The predicted octanol–water partition coefficient (Wildman–Crippen LogP) is 2.50. The third-order valence-corrected chi connectivity index (χ3v) is 4.04. The Bertz CT molecular complexity index is 686. The maximum atomic E-state index is 12.7. The second kappa shape index (κ2) is 12.2. The lowest BCUT2D eigenvalue weighted by Crippen LogP contribution is -2.54. The average Bonchev–Trinajstić information content (AvgIpc) is 2.62. The largest absolute Gasteiger partial charge is 0.444 e. The first-order chi connectivity index (χ1) is 14.0. The van der Waals surface area contributed by atoms with E-state index in [2.05, 4.69) is 10.6 Å². The molecule has 1 aromatic carbocycles. The van der Waals surface area contributed by atoms with Gasteiger partial charge in [0.05, 0.1) is 6.61 Å². The van der Waals surface area contributed by atoms with Crippen LogP contribution in [0.15, 0.2) is 30.3 Å². The Balaban J connectivity index is 2.62. The molecule has 0 bridgehead atoms. The molecule has 30 heavy (non-hydrogen) atoms. The summed E-state index contributed by atoms with van der Waals surface area (Å²) in [4.78, 5) is 36.6. The molecule has 0 saturated carbocycles. The van der Waals surface area contributed by atoms with Crippen molar-refractivity contribution >= 4 is 17.9 Å². The standard InChI is InChI=1S/C22H35N3O5/c1-15(2)13-18(25-21(28)30-22(3,4)5)20(27)24-17(19(23)26)11-12-29-14-16-9-7-6-8-10-16/h6-10,15,17-18H,11-14H2,1-5H3,(H2,23,26)(H,24,27)(H,25,28)/t17-,18-/m0/s1. The van der Waals surface area contributed by atoms with Crippen LogP contribution in [0.4, 0.5) is 4.79 Å². The highest BCUT2D eigenvalue weighted by Gasteiger charge is 2.28. The summed E-state index contributed by atoms with van der Waals surface area (Å²) >= 11 is 0. The van der Waals surface area contributed by atoms with Gasteiger partial charge < -0.3 is 25.8 Å². The van der Waals surface area contributed by atoms with Gasteiger partial charge in [-0.05, 0) is 45.1 Å². The molecule has 0 saturated heterocycles. The fraction of sp³-hybridized carbons (Fsp3) is 0.591. The van der Waals surface area contributed by atoms with E-state index in [9.17, 15) is 14.4 Å². The normalized spacial score (nSPS) is 13.4. The minimum absolute atomic E-state index is 0.136. The molecule has 4 N–H and O–H groups in total. The number of nitrogens with two attached hydrogens (primary N) is 1. The van der Waals surface area contributed by atoms with Crippen molar-refractivity contribution < 1.29 is 23.9 Å². The summed E-state index contributed by atoms with van der Waals surface area (Å²) in [6.45, 7) is 9.72. The molecule has 0 aliphatic carbocycles. The van der Waals surface area contributed by atoms with E-state index in [1.54, 1.807) is 20.8 Å². The zero-order valence-corrected chi connectivity index (χ0v) is 18.6. The summed E-state index contributed by atoms with van der Waals surface area (Å²) in [5.74, 6) is -1.01. The highest BCUT2D eigenvalue weighted by atomic mass is 16.6. The SMILES string of the molecule is CC(C)C[C@H](NC(=O)OC(C)(C)C)C(=O)N[C@@H](CCOCc1ccccc1)C(N)=O.